The Morgan fingerprint density at radius 2 is 2.06 bits per heavy atom. The molecule has 0 atom stereocenters. The first kappa shape index (κ1) is 13.2. The number of likely N-dealkylation sites (tertiary alicyclic amines) is 1. The fourth-order valence-corrected chi connectivity index (χ4v) is 1.97. The van der Waals surface area contributed by atoms with Crippen molar-refractivity contribution in [2.45, 2.75) is 51.7 Å². The summed E-state index contributed by atoms with van der Waals surface area (Å²) in [6, 6.07) is 0. The minimum Gasteiger partial charge on any atom is -0.375 e. The van der Waals surface area contributed by atoms with Crippen LogP contribution < -0.4 is 0 Å². The first-order valence-electron chi connectivity index (χ1n) is 6.00. The lowest BCUT2D eigenvalue weighted by atomic mass is 10.1. The number of piperidine rings is 1. The normalized spacial score (nSPS) is 17.8. The van der Waals surface area contributed by atoms with Crippen LogP contribution in [-0.2, 0) is 14.3 Å². The number of aldehydes is 1. The third-order valence-corrected chi connectivity index (χ3v) is 2.74. The van der Waals surface area contributed by atoms with E-state index < -0.39 is 0 Å². The summed E-state index contributed by atoms with van der Waals surface area (Å²) in [6.45, 7) is 5.58. The van der Waals surface area contributed by atoms with Crippen molar-refractivity contribution >= 4 is 12.2 Å². The molecule has 0 aromatic carbocycles. The fraction of sp³-hybridized carbons (Fsp3) is 0.833. The second-order valence-corrected chi connectivity index (χ2v) is 4.47. The molecule has 1 aliphatic rings. The molecule has 0 aliphatic carbocycles. The molecule has 0 aromatic heterocycles. The summed E-state index contributed by atoms with van der Waals surface area (Å²) in [5.41, 5.74) is 0. The number of carbonyl (C=O) groups is 2. The van der Waals surface area contributed by atoms with Crippen LogP contribution in [0.2, 0.25) is 0 Å². The second kappa shape index (κ2) is 6.63. The van der Waals surface area contributed by atoms with Crippen molar-refractivity contribution in [3.8, 4) is 0 Å². The highest BCUT2D eigenvalue weighted by Crippen LogP contribution is 2.16. The predicted molar refractivity (Wildman–Crippen MR) is 61.1 cm³/mol. The summed E-state index contributed by atoms with van der Waals surface area (Å²) < 4.78 is 5.71. The molecule has 1 fully saturated rings. The van der Waals surface area contributed by atoms with Crippen LogP contribution in [0, 0.1) is 0 Å². The zero-order valence-electron chi connectivity index (χ0n) is 10.1. The Morgan fingerprint density at radius 3 is 2.56 bits per heavy atom. The molecule has 1 heterocycles. The highest BCUT2D eigenvalue weighted by Gasteiger charge is 2.23. The van der Waals surface area contributed by atoms with Gasteiger partial charge in [-0.25, -0.2) is 0 Å². The van der Waals surface area contributed by atoms with Gasteiger partial charge in [0.15, 0.2) is 0 Å². The molecule has 1 saturated heterocycles. The molecule has 0 bridgehead atoms. The van der Waals surface area contributed by atoms with Gasteiger partial charge in [-0.05, 0) is 26.7 Å². The summed E-state index contributed by atoms with van der Waals surface area (Å²) >= 11 is 0. The average Bonchev–Trinajstić information content (AvgIpc) is 2.26. The number of rotatable bonds is 5. The van der Waals surface area contributed by atoms with E-state index in [4.69, 9.17) is 4.74 Å². The van der Waals surface area contributed by atoms with Crippen molar-refractivity contribution in [1.29, 1.82) is 0 Å². The average molecular weight is 227 g/mol. The molecule has 0 saturated carbocycles. The number of hydrogen-bond acceptors (Lipinski definition) is 3. The van der Waals surface area contributed by atoms with E-state index in [2.05, 4.69) is 0 Å². The van der Waals surface area contributed by atoms with Gasteiger partial charge in [0, 0.05) is 25.9 Å². The highest BCUT2D eigenvalue weighted by molar-refractivity contribution is 5.78. The third kappa shape index (κ3) is 4.31. The zero-order valence-corrected chi connectivity index (χ0v) is 10.1. The van der Waals surface area contributed by atoms with Gasteiger partial charge in [-0.15, -0.1) is 0 Å². The van der Waals surface area contributed by atoms with E-state index in [1.165, 1.54) is 0 Å². The first-order valence-corrected chi connectivity index (χ1v) is 6.00. The molecule has 4 heteroatoms. The maximum atomic E-state index is 11.6. The third-order valence-electron chi connectivity index (χ3n) is 2.74. The van der Waals surface area contributed by atoms with Gasteiger partial charge >= 0.3 is 0 Å². The zero-order chi connectivity index (χ0) is 12.0. The van der Waals surface area contributed by atoms with Gasteiger partial charge in [-0.1, -0.05) is 0 Å². The molecule has 1 aliphatic heterocycles. The van der Waals surface area contributed by atoms with Crippen LogP contribution in [0.4, 0.5) is 0 Å². The molecule has 1 amide bonds. The first-order chi connectivity index (χ1) is 7.63. The van der Waals surface area contributed by atoms with E-state index in [0.717, 1.165) is 32.2 Å². The predicted octanol–water partition coefficient (Wildman–Crippen LogP) is 1.38. The molecule has 0 spiro atoms. The Hall–Kier alpha value is -0.900. The Balaban J connectivity index is 2.25. The lowest BCUT2D eigenvalue weighted by Gasteiger charge is -2.32. The quantitative estimate of drug-likeness (QED) is 0.667. The van der Waals surface area contributed by atoms with E-state index in [9.17, 15) is 9.59 Å². The van der Waals surface area contributed by atoms with Crippen LogP contribution in [0.1, 0.15) is 39.5 Å². The van der Waals surface area contributed by atoms with Gasteiger partial charge < -0.3 is 14.4 Å². The van der Waals surface area contributed by atoms with E-state index in [-0.39, 0.29) is 18.1 Å². The number of hydrogen-bond donors (Lipinski definition) is 0. The van der Waals surface area contributed by atoms with Crippen LogP contribution in [-0.4, -0.2) is 42.4 Å². The van der Waals surface area contributed by atoms with Crippen molar-refractivity contribution < 1.29 is 14.3 Å². The van der Waals surface area contributed by atoms with Crippen LogP contribution in [0.15, 0.2) is 0 Å². The standard InChI is InChI=1S/C12H21NO3/c1-10(2)16-11-5-7-13(8-6-11)12(15)4-3-9-14/h9-11H,3-8H2,1-2H3. The van der Waals surface area contributed by atoms with E-state index in [1.54, 1.807) is 0 Å². The summed E-state index contributed by atoms with van der Waals surface area (Å²) in [5.74, 6) is 0.0927. The lowest BCUT2D eigenvalue weighted by Crippen LogP contribution is -2.41. The van der Waals surface area contributed by atoms with Crippen molar-refractivity contribution in [3.63, 3.8) is 0 Å². The topological polar surface area (TPSA) is 46.6 Å². The summed E-state index contributed by atoms with van der Waals surface area (Å²) in [6.07, 6.45) is 3.83. The van der Waals surface area contributed by atoms with E-state index in [1.807, 2.05) is 18.7 Å². The molecule has 4 nitrogen and oxygen atoms in total. The Kier molecular flexibility index (Phi) is 5.46. The highest BCUT2D eigenvalue weighted by atomic mass is 16.5. The molecular formula is C12H21NO3. The van der Waals surface area contributed by atoms with Gasteiger partial charge in [-0.2, -0.15) is 0 Å². The van der Waals surface area contributed by atoms with Crippen LogP contribution in [0.25, 0.3) is 0 Å². The van der Waals surface area contributed by atoms with Crippen molar-refractivity contribution in [2.24, 2.45) is 0 Å². The Labute approximate surface area is 96.9 Å². The molecular weight excluding hydrogens is 206 g/mol. The lowest BCUT2D eigenvalue weighted by molar-refractivity contribution is -0.135. The van der Waals surface area contributed by atoms with Crippen LogP contribution >= 0.6 is 0 Å². The molecule has 0 radical (unpaired) electrons. The summed E-state index contributed by atoms with van der Waals surface area (Å²) in [7, 11) is 0. The van der Waals surface area contributed by atoms with Gasteiger partial charge in [0.2, 0.25) is 5.91 Å². The van der Waals surface area contributed by atoms with Gasteiger partial charge in [0.1, 0.15) is 6.29 Å². The van der Waals surface area contributed by atoms with Gasteiger partial charge in [0.05, 0.1) is 12.2 Å². The molecule has 0 unspecified atom stereocenters. The summed E-state index contributed by atoms with van der Waals surface area (Å²) in [5, 5.41) is 0. The SMILES string of the molecule is CC(C)OC1CCN(C(=O)CCC=O)CC1. The van der Waals surface area contributed by atoms with Crippen LogP contribution in [0.3, 0.4) is 0 Å². The van der Waals surface area contributed by atoms with E-state index >= 15 is 0 Å². The Morgan fingerprint density at radius 1 is 1.44 bits per heavy atom. The van der Waals surface area contributed by atoms with E-state index in [0.29, 0.717) is 12.8 Å². The summed E-state index contributed by atoms with van der Waals surface area (Å²) in [4.78, 5) is 23.6. The maximum absolute atomic E-state index is 11.6. The number of amides is 1. The molecule has 92 valence electrons. The number of nitrogens with zero attached hydrogens (tertiary/aromatic N) is 1. The van der Waals surface area contributed by atoms with Crippen molar-refractivity contribution in [3.05, 3.63) is 0 Å². The number of carbonyl (C=O) groups excluding carboxylic acids is 2. The van der Waals surface area contributed by atoms with Gasteiger partial charge in [-0.3, -0.25) is 4.79 Å². The minimum absolute atomic E-state index is 0.0927. The molecule has 0 N–H and O–H groups in total. The van der Waals surface area contributed by atoms with Crippen molar-refractivity contribution in [2.75, 3.05) is 13.1 Å². The fourth-order valence-electron chi connectivity index (χ4n) is 1.97. The van der Waals surface area contributed by atoms with Crippen molar-refractivity contribution in [1.82, 2.24) is 4.90 Å². The molecule has 1 rings (SSSR count). The second-order valence-electron chi connectivity index (χ2n) is 4.47. The monoisotopic (exact) mass is 227 g/mol. The Bertz CT molecular complexity index is 232. The molecule has 0 aromatic rings. The largest absolute Gasteiger partial charge is 0.375 e. The molecule has 16 heavy (non-hydrogen) atoms. The van der Waals surface area contributed by atoms with Gasteiger partial charge in [0.25, 0.3) is 0 Å². The van der Waals surface area contributed by atoms with Crippen LogP contribution in [0.5, 0.6) is 0 Å². The maximum Gasteiger partial charge on any atom is 0.223 e. The smallest absolute Gasteiger partial charge is 0.223 e. The number of ether oxygens (including phenoxy) is 1. The minimum atomic E-state index is 0.0927.